The molecule has 110 valence electrons. The highest BCUT2D eigenvalue weighted by Gasteiger charge is 2.09. The highest BCUT2D eigenvalue weighted by molar-refractivity contribution is 5.86. The van der Waals surface area contributed by atoms with Crippen LogP contribution in [0.15, 0.2) is 28.9 Å². The zero-order valence-corrected chi connectivity index (χ0v) is 11.6. The van der Waals surface area contributed by atoms with Gasteiger partial charge in [-0.2, -0.15) is 0 Å². The van der Waals surface area contributed by atoms with E-state index in [0.717, 1.165) is 6.08 Å². The highest BCUT2D eigenvalue weighted by Crippen LogP contribution is 2.26. The van der Waals surface area contributed by atoms with E-state index in [0.29, 0.717) is 28.5 Å². The van der Waals surface area contributed by atoms with Crippen LogP contribution in [0.2, 0.25) is 0 Å². The van der Waals surface area contributed by atoms with Crippen LogP contribution in [-0.2, 0) is 11.4 Å². The molecule has 0 saturated carbocycles. The maximum Gasteiger partial charge on any atom is 0.328 e. The third kappa shape index (κ3) is 3.82. The first-order valence-electron chi connectivity index (χ1n) is 6.10. The van der Waals surface area contributed by atoms with Crippen LogP contribution in [0.5, 0.6) is 11.5 Å². The summed E-state index contributed by atoms with van der Waals surface area (Å²) in [7, 11) is 1.54. The lowest BCUT2D eigenvalue weighted by Gasteiger charge is -2.10. The lowest BCUT2D eigenvalue weighted by Crippen LogP contribution is -2.00. The predicted octanol–water partition coefficient (Wildman–Crippen LogP) is 2.06. The van der Waals surface area contributed by atoms with E-state index >= 15 is 0 Å². The molecule has 1 N–H and O–H groups in total. The van der Waals surface area contributed by atoms with E-state index in [-0.39, 0.29) is 6.61 Å². The first kappa shape index (κ1) is 14.6. The van der Waals surface area contributed by atoms with Crippen molar-refractivity contribution in [2.45, 2.75) is 13.5 Å². The van der Waals surface area contributed by atoms with Crippen molar-refractivity contribution in [3.8, 4) is 11.5 Å². The van der Waals surface area contributed by atoms with Crippen molar-refractivity contribution in [3.05, 3.63) is 41.2 Å². The fourth-order valence-corrected chi connectivity index (χ4v) is 1.59. The second-order valence-corrected chi connectivity index (χ2v) is 4.16. The Morgan fingerprint density at radius 1 is 1.43 bits per heavy atom. The summed E-state index contributed by atoms with van der Waals surface area (Å²) in [6.07, 6.45) is 2.49. The van der Waals surface area contributed by atoms with Crippen LogP contribution in [0.1, 0.15) is 17.0 Å². The van der Waals surface area contributed by atoms with E-state index < -0.39 is 5.97 Å². The Balaban J connectivity index is 2.22. The van der Waals surface area contributed by atoms with Gasteiger partial charge in [0.25, 0.3) is 0 Å². The van der Waals surface area contributed by atoms with E-state index in [2.05, 4.69) is 14.9 Å². The molecule has 0 unspecified atom stereocenters. The number of ether oxygens (including phenoxy) is 2. The summed E-state index contributed by atoms with van der Waals surface area (Å²) in [5, 5.41) is 16.1. The zero-order chi connectivity index (χ0) is 15.2. The van der Waals surface area contributed by atoms with Gasteiger partial charge in [0.1, 0.15) is 29.5 Å². The smallest absolute Gasteiger partial charge is 0.328 e. The Kier molecular flexibility index (Phi) is 4.55. The van der Waals surface area contributed by atoms with Gasteiger partial charge in [-0.1, -0.05) is 10.3 Å². The molecule has 0 amide bonds. The topological polar surface area (TPSA) is 94.7 Å². The van der Waals surface area contributed by atoms with Crippen molar-refractivity contribution in [1.82, 2.24) is 10.3 Å². The molecule has 1 aromatic heterocycles. The molecular formula is C14H14N2O5. The predicted molar refractivity (Wildman–Crippen MR) is 73.0 cm³/mol. The van der Waals surface area contributed by atoms with Crippen molar-refractivity contribution < 1.29 is 24.0 Å². The summed E-state index contributed by atoms with van der Waals surface area (Å²) < 4.78 is 15.4. The van der Waals surface area contributed by atoms with Crippen molar-refractivity contribution >= 4 is 12.0 Å². The summed E-state index contributed by atoms with van der Waals surface area (Å²) in [6, 6.07) is 5.10. The number of carboxylic acid groups (broad SMARTS) is 1. The van der Waals surface area contributed by atoms with Crippen LogP contribution < -0.4 is 9.47 Å². The number of carbonyl (C=O) groups is 1. The number of methoxy groups -OCH3 is 1. The molecule has 21 heavy (non-hydrogen) atoms. The summed E-state index contributed by atoms with van der Waals surface area (Å²) >= 11 is 0. The number of nitrogens with zero attached hydrogens (tertiary/aromatic N) is 2. The lowest BCUT2D eigenvalue weighted by molar-refractivity contribution is -0.131. The van der Waals surface area contributed by atoms with E-state index in [1.54, 1.807) is 25.1 Å². The summed E-state index contributed by atoms with van der Waals surface area (Å²) in [4.78, 5) is 10.6. The number of aryl methyl sites for hydroxylation is 1. The maximum atomic E-state index is 10.6. The minimum atomic E-state index is -1.03. The molecule has 0 radical (unpaired) electrons. The Hall–Kier alpha value is -2.83. The lowest BCUT2D eigenvalue weighted by atomic mass is 10.1. The number of rotatable bonds is 6. The fraction of sp³-hybridized carbons (Fsp3) is 0.214. The van der Waals surface area contributed by atoms with Crippen LogP contribution in [-0.4, -0.2) is 28.5 Å². The molecule has 0 aliphatic heterocycles. The first-order chi connectivity index (χ1) is 10.1. The van der Waals surface area contributed by atoms with Gasteiger partial charge in [-0.3, -0.25) is 0 Å². The number of hydrogen-bond acceptors (Lipinski definition) is 6. The molecule has 0 saturated heterocycles. The largest absolute Gasteiger partial charge is 0.497 e. The quantitative estimate of drug-likeness (QED) is 0.813. The van der Waals surface area contributed by atoms with Crippen LogP contribution in [0.3, 0.4) is 0 Å². The second-order valence-electron chi connectivity index (χ2n) is 4.16. The highest BCUT2D eigenvalue weighted by atomic mass is 16.6. The van der Waals surface area contributed by atoms with Crippen LogP contribution >= 0.6 is 0 Å². The van der Waals surface area contributed by atoms with Gasteiger partial charge in [0.15, 0.2) is 0 Å². The van der Waals surface area contributed by atoms with Crippen molar-refractivity contribution in [1.29, 1.82) is 0 Å². The van der Waals surface area contributed by atoms with Gasteiger partial charge in [0.2, 0.25) is 0 Å². The average Bonchev–Trinajstić information content (AvgIpc) is 2.88. The summed E-state index contributed by atoms with van der Waals surface area (Å²) in [6.45, 7) is 1.92. The van der Waals surface area contributed by atoms with Gasteiger partial charge in [-0.15, -0.1) is 0 Å². The van der Waals surface area contributed by atoms with Crippen molar-refractivity contribution in [3.63, 3.8) is 0 Å². The van der Waals surface area contributed by atoms with Crippen LogP contribution in [0.25, 0.3) is 6.08 Å². The number of benzene rings is 1. The molecule has 0 aliphatic carbocycles. The average molecular weight is 290 g/mol. The van der Waals surface area contributed by atoms with Crippen LogP contribution in [0.4, 0.5) is 0 Å². The molecule has 1 heterocycles. The van der Waals surface area contributed by atoms with E-state index in [9.17, 15) is 4.79 Å². The Labute approximate surface area is 120 Å². The van der Waals surface area contributed by atoms with Crippen molar-refractivity contribution in [2.24, 2.45) is 0 Å². The van der Waals surface area contributed by atoms with E-state index in [1.165, 1.54) is 13.2 Å². The fourth-order valence-electron chi connectivity index (χ4n) is 1.59. The molecule has 0 bridgehead atoms. The maximum absolute atomic E-state index is 10.6. The molecule has 2 rings (SSSR count). The molecule has 0 fully saturated rings. The number of aliphatic carboxylic acids is 1. The third-order valence-electron chi connectivity index (χ3n) is 2.74. The van der Waals surface area contributed by atoms with Gasteiger partial charge in [0.05, 0.1) is 7.11 Å². The molecular weight excluding hydrogens is 276 g/mol. The number of aromatic nitrogens is 2. The summed E-state index contributed by atoms with van der Waals surface area (Å²) in [5.74, 6) is 0.0510. The molecule has 0 spiro atoms. The van der Waals surface area contributed by atoms with Gasteiger partial charge < -0.3 is 14.6 Å². The number of hydrogen-bond donors (Lipinski definition) is 1. The molecule has 1 aromatic carbocycles. The zero-order valence-electron chi connectivity index (χ0n) is 11.6. The molecule has 0 atom stereocenters. The first-order valence-corrected chi connectivity index (χ1v) is 6.10. The van der Waals surface area contributed by atoms with Crippen LogP contribution in [0, 0.1) is 6.92 Å². The Morgan fingerprint density at radius 3 is 2.86 bits per heavy atom. The standard InChI is InChI=1S/C14H14N2O5/c1-9-12(16-21-15-9)8-20-13-7-11(19-2)5-3-10(13)4-6-14(17)18/h3-7H,8H2,1-2H3,(H,17,18). The van der Waals surface area contributed by atoms with Gasteiger partial charge >= 0.3 is 5.97 Å². The molecule has 0 aliphatic rings. The van der Waals surface area contributed by atoms with Gasteiger partial charge in [-0.25, -0.2) is 9.42 Å². The second kappa shape index (κ2) is 6.56. The molecule has 2 aromatic rings. The Morgan fingerprint density at radius 2 is 2.24 bits per heavy atom. The SMILES string of the molecule is COc1ccc(C=CC(=O)O)c(OCc2nonc2C)c1. The molecule has 7 nitrogen and oxygen atoms in total. The summed E-state index contributed by atoms with van der Waals surface area (Å²) in [5.41, 5.74) is 1.83. The number of carboxylic acids is 1. The normalized spacial score (nSPS) is 10.8. The van der Waals surface area contributed by atoms with Crippen molar-refractivity contribution in [2.75, 3.05) is 7.11 Å². The monoisotopic (exact) mass is 290 g/mol. The molecule has 7 heteroatoms. The minimum absolute atomic E-state index is 0.163. The van der Waals surface area contributed by atoms with E-state index in [4.69, 9.17) is 14.6 Å². The van der Waals surface area contributed by atoms with Gasteiger partial charge in [0, 0.05) is 17.7 Å². The minimum Gasteiger partial charge on any atom is -0.497 e. The van der Waals surface area contributed by atoms with Gasteiger partial charge in [-0.05, 0) is 25.1 Å². The van der Waals surface area contributed by atoms with E-state index in [1.807, 2.05) is 0 Å². The Bertz CT molecular complexity index is 663. The third-order valence-corrected chi connectivity index (χ3v) is 2.74.